The Kier molecular flexibility index (Phi) is 6.94. The molecule has 0 spiro atoms. The van der Waals surface area contributed by atoms with Gasteiger partial charge in [-0.2, -0.15) is 17.0 Å². The first kappa shape index (κ1) is 19.9. The topological polar surface area (TPSA) is 67.4 Å². The Labute approximate surface area is 172 Å². The average molecular weight is 416 g/mol. The lowest BCUT2D eigenvalue weighted by Crippen LogP contribution is -1.98. The third-order valence-corrected chi connectivity index (χ3v) is 7.24. The summed E-state index contributed by atoms with van der Waals surface area (Å²) < 4.78 is 1.97. The van der Waals surface area contributed by atoms with Gasteiger partial charge >= 0.3 is 0 Å². The van der Waals surface area contributed by atoms with Crippen LogP contribution in [0, 0.1) is 18.3 Å². The molecule has 140 valence electrons. The summed E-state index contributed by atoms with van der Waals surface area (Å²) in [5.74, 6) is 1.13. The highest BCUT2D eigenvalue weighted by Gasteiger charge is 2.19. The van der Waals surface area contributed by atoms with E-state index in [1.54, 1.807) is 35.6 Å². The van der Waals surface area contributed by atoms with Gasteiger partial charge in [-0.25, -0.2) is 15.0 Å². The van der Waals surface area contributed by atoms with E-state index in [0.717, 1.165) is 43.5 Å². The van der Waals surface area contributed by atoms with Crippen molar-refractivity contribution in [3.05, 3.63) is 35.2 Å². The Morgan fingerprint density at radius 2 is 2.19 bits per heavy atom. The zero-order chi connectivity index (χ0) is 19.2. The molecule has 0 bridgehead atoms. The molecule has 5 nitrogen and oxygen atoms in total. The summed E-state index contributed by atoms with van der Waals surface area (Å²) in [7, 11) is 1.96. The van der Waals surface area contributed by atoms with E-state index in [9.17, 15) is 5.26 Å². The molecular formula is C19H21N5S3. The Hall–Kier alpha value is -1.82. The van der Waals surface area contributed by atoms with E-state index in [1.165, 1.54) is 12.8 Å². The maximum absolute atomic E-state index is 9.86. The molecule has 3 aromatic heterocycles. The highest BCUT2D eigenvalue weighted by Crippen LogP contribution is 2.36. The molecule has 3 rings (SSSR count). The lowest BCUT2D eigenvalue weighted by molar-refractivity contribution is 0.874. The number of rotatable bonds is 8. The molecule has 0 radical (unpaired) electrons. The summed E-state index contributed by atoms with van der Waals surface area (Å²) >= 11 is 5.06. The molecule has 0 amide bonds. The molecule has 3 aromatic rings. The fourth-order valence-electron chi connectivity index (χ4n) is 2.54. The van der Waals surface area contributed by atoms with Gasteiger partial charge in [0, 0.05) is 35.0 Å². The van der Waals surface area contributed by atoms with E-state index in [1.807, 2.05) is 41.7 Å². The molecule has 0 aliphatic carbocycles. The van der Waals surface area contributed by atoms with Gasteiger partial charge in [-0.1, -0.05) is 25.1 Å². The largest absolute Gasteiger partial charge is 0.337 e. The van der Waals surface area contributed by atoms with Crippen LogP contribution in [0.1, 0.15) is 31.0 Å². The SMILES string of the molecule is CCCCSCSc1nc(-c2nccs2)cc(-c2ncn(C)c2C)c1C#N. The van der Waals surface area contributed by atoms with Crippen LogP contribution in [-0.2, 0) is 7.05 Å². The molecule has 0 atom stereocenters. The van der Waals surface area contributed by atoms with Crippen LogP contribution < -0.4 is 0 Å². The number of hydrogen-bond donors (Lipinski definition) is 0. The molecule has 0 saturated carbocycles. The lowest BCUT2D eigenvalue weighted by Gasteiger charge is -2.11. The van der Waals surface area contributed by atoms with E-state index < -0.39 is 0 Å². The number of pyridine rings is 1. The molecule has 8 heteroatoms. The van der Waals surface area contributed by atoms with Crippen LogP contribution in [0.4, 0.5) is 0 Å². The number of aryl methyl sites for hydroxylation is 1. The van der Waals surface area contributed by atoms with Crippen LogP contribution in [-0.4, -0.2) is 30.4 Å². The van der Waals surface area contributed by atoms with Gasteiger partial charge in [-0.05, 0) is 25.2 Å². The van der Waals surface area contributed by atoms with Crippen molar-refractivity contribution < 1.29 is 0 Å². The van der Waals surface area contributed by atoms with Crippen molar-refractivity contribution in [1.82, 2.24) is 19.5 Å². The molecule has 0 aromatic carbocycles. The van der Waals surface area contributed by atoms with Crippen LogP contribution in [0.5, 0.6) is 0 Å². The average Bonchev–Trinajstić information content (AvgIpc) is 3.32. The number of hydrogen-bond acceptors (Lipinski definition) is 7. The summed E-state index contributed by atoms with van der Waals surface area (Å²) in [4.78, 5) is 13.7. The van der Waals surface area contributed by atoms with Crippen LogP contribution in [0.2, 0.25) is 0 Å². The van der Waals surface area contributed by atoms with Crippen molar-refractivity contribution in [2.24, 2.45) is 7.05 Å². The minimum absolute atomic E-state index is 0.596. The summed E-state index contributed by atoms with van der Waals surface area (Å²) in [5, 5.41) is 14.3. The van der Waals surface area contributed by atoms with Gasteiger partial charge < -0.3 is 4.57 Å². The van der Waals surface area contributed by atoms with Crippen LogP contribution >= 0.6 is 34.9 Å². The predicted molar refractivity (Wildman–Crippen MR) is 115 cm³/mol. The van der Waals surface area contributed by atoms with Crippen molar-refractivity contribution in [3.8, 4) is 28.0 Å². The normalized spacial score (nSPS) is 10.9. The zero-order valence-corrected chi connectivity index (χ0v) is 18.0. The first-order valence-corrected chi connectivity index (χ1v) is 11.7. The molecule has 0 unspecified atom stereocenters. The molecule has 3 heterocycles. The molecule has 27 heavy (non-hydrogen) atoms. The van der Waals surface area contributed by atoms with Crippen molar-refractivity contribution in [3.63, 3.8) is 0 Å². The second kappa shape index (κ2) is 9.40. The number of thiazole rings is 1. The number of thioether (sulfide) groups is 2. The number of nitriles is 1. The third kappa shape index (κ3) is 4.54. The van der Waals surface area contributed by atoms with Crippen LogP contribution in [0.3, 0.4) is 0 Å². The molecular weight excluding hydrogens is 394 g/mol. The van der Waals surface area contributed by atoms with Gasteiger partial charge in [0.15, 0.2) is 0 Å². The number of nitrogens with zero attached hydrogens (tertiary/aromatic N) is 5. The van der Waals surface area contributed by atoms with Crippen LogP contribution in [0.25, 0.3) is 22.0 Å². The predicted octanol–water partition coefficient (Wildman–Crippen LogP) is 5.37. The second-order valence-electron chi connectivity index (χ2n) is 6.00. The number of imidazole rings is 1. The quantitative estimate of drug-likeness (QED) is 0.280. The summed E-state index contributed by atoms with van der Waals surface area (Å²) in [5.41, 5.74) is 4.07. The molecule has 0 N–H and O–H groups in total. The Morgan fingerprint density at radius 1 is 1.33 bits per heavy atom. The van der Waals surface area contributed by atoms with Crippen molar-refractivity contribution in [2.75, 3.05) is 10.8 Å². The lowest BCUT2D eigenvalue weighted by atomic mass is 10.1. The van der Waals surface area contributed by atoms with Gasteiger partial charge in [0.05, 0.1) is 17.6 Å². The van der Waals surface area contributed by atoms with E-state index >= 15 is 0 Å². The number of unbranched alkanes of at least 4 members (excludes halogenated alkanes) is 1. The zero-order valence-electron chi connectivity index (χ0n) is 15.6. The summed E-state index contributed by atoms with van der Waals surface area (Å²) in [6, 6.07) is 4.31. The Bertz CT molecular complexity index is 941. The molecule has 0 aliphatic rings. The van der Waals surface area contributed by atoms with Crippen LogP contribution in [0.15, 0.2) is 29.0 Å². The summed E-state index contributed by atoms with van der Waals surface area (Å²) in [6.07, 6.45) is 5.96. The van der Waals surface area contributed by atoms with E-state index in [4.69, 9.17) is 4.98 Å². The smallest absolute Gasteiger partial charge is 0.141 e. The monoisotopic (exact) mass is 415 g/mol. The minimum Gasteiger partial charge on any atom is -0.337 e. The molecule has 0 aliphatic heterocycles. The van der Waals surface area contributed by atoms with Gasteiger partial charge in [0.2, 0.25) is 0 Å². The van der Waals surface area contributed by atoms with Crippen molar-refractivity contribution in [2.45, 2.75) is 31.7 Å². The molecule has 0 saturated heterocycles. The minimum atomic E-state index is 0.596. The molecule has 0 fully saturated rings. The van der Waals surface area contributed by atoms with E-state index in [-0.39, 0.29) is 0 Å². The summed E-state index contributed by atoms with van der Waals surface area (Å²) in [6.45, 7) is 4.21. The third-order valence-electron chi connectivity index (χ3n) is 4.16. The van der Waals surface area contributed by atoms with Gasteiger partial charge in [0.1, 0.15) is 21.8 Å². The maximum Gasteiger partial charge on any atom is 0.141 e. The number of aromatic nitrogens is 4. The van der Waals surface area contributed by atoms with Crippen molar-refractivity contribution in [1.29, 1.82) is 5.26 Å². The van der Waals surface area contributed by atoms with E-state index in [2.05, 4.69) is 23.0 Å². The highest BCUT2D eigenvalue weighted by atomic mass is 32.2. The fraction of sp³-hybridized carbons (Fsp3) is 0.368. The fourth-order valence-corrected chi connectivity index (χ4v) is 5.34. The first-order chi connectivity index (χ1) is 13.2. The van der Waals surface area contributed by atoms with Gasteiger partial charge in [-0.15, -0.1) is 11.3 Å². The highest BCUT2D eigenvalue weighted by molar-refractivity contribution is 8.15. The standard InChI is InChI=1S/C19H21N5S3/c1-4-5-7-25-12-27-18-15(10-20)14(17-13(2)24(3)11-22-17)9-16(23-18)19-21-6-8-26-19/h6,8-9,11H,4-5,7,12H2,1-3H3. The first-order valence-electron chi connectivity index (χ1n) is 8.69. The maximum atomic E-state index is 9.86. The Morgan fingerprint density at radius 3 is 2.81 bits per heavy atom. The Balaban J connectivity index is 2.03. The second-order valence-corrected chi connectivity index (χ2v) is 9.33. The van der Waals surface area contributed by atoms with E-state index in [0.29, 0.717) is 5.56 Å². The van der Waals surface area contributed by atoms with Gasteiger partial charge in [0.25, 0.3) is 0 Å². The van der Waals surface area contributed by atoms with Gasteiger partial charge in [-0.3, -0.25) is 0 Å². The van der Waals surface area contributed by atoms with Crippen molar-refractivity contribution >= 4 is 34.9 Å².